The maximum Gasteiger partial charge on any atom is 0.255 e. The Labute approximate surface area is 170 Å². The number of hydrogen-bond acceptors (Lipinski definition) is 4. The predicted octanol–water partition coefficient (Wildman–Crippen LogP) is 3.51. The first-order valence-electron chi connectivity index (χ1n) is 9.12. The smallest absolute Gasteiger partial charge is 0.255 e. The fourth-order valence-electron chi connectivity index (χ4n) is 2.80. The first kappa shape index (κ1) is 20.8. The highest BCUT2D eigenvalue weighted by Crippen LogP contribution is 2.19. The van der Waals surface area contributed by atoms with E-state index in [-0.39, 0.29) is 10.8 Å². The molecule has 0 radical (unpaired) electrons. The van der Waals surface area contributed by atoms with Gasteiger partial charge in [-0.25, -0.2) is 17.8 Å². The lowest BCUT2D eigenvalue weighted by molar-refractivity contribution is 0.102. The van der Waals surface area contributed by atoms with E-state index in [1.807, 2.05) is 25.1 Å². The fraction of sp³-hybridized carbons (Fsp3) is 0.238. The van der Waals surface area contributed by atoms with Gasteiger partial charge in [-0.2, -0.15) is 5.10 Å². The molecule has 0 aliphatic rings. The molecule has 3 aromatic rings. The molecule has 1 aromatic heterocycles. The van der Waals surface area contributed by atoms with Crippen molar-refractivity contribution in [3.63, 3.8) is 0 Å². The van der Waals surface area contributed by atoms with Crippen molar-refractivity contribution < 1.29 is 13.2 Å². The summed E-state index contributed by atoms with van der Waals surface area (Å²) in [6.45, 7) is 7.25. The van der Waals surface area contributed by atoms with E-state index in [1.54, 1.807) is 55.9 Å². The van der Waals surface area contributed by atoms with E-state index < -0.39 is 15.6 Å². The van der Waals surface area contributed by atoms with Gasteiger partial charge >= 0.3 is 0 Å². The molecular weight excluding hydrogens is 388 g/mol. The maximum atomic E-state index is 12.6. The molecule has 0 aliphatic heterocycles. The molecule has 8 heteroatoms. The van der Waals surface area contributed by atoms with Gasteiger partial charge in [0.1, 0.15) is 0 Å². The SMILES string of the molecule is Cc1ccnn1-c1ccc(C(=O)Nc2cccc(S(=O)(=O)NC(C)(C)C)c2)cc1. The van der Waals surface area contributed by atoms with Gasteiger partial charge in [0.2, 0.25) is 10.0 Å². The van der Waals surface area contributed by atoms with E-state index >= 15 is 0 Å². The molecule has 7 nitrogen and oxygen atoms in total. The lowest BCUT2D eigenvalue weighted by atomic mass is 10.1. The second-order valence-electron chi connectivity index (χ2n) is 7.77. The molecule has 2 aromatic carbocycles. The first-order chi connectivity index (χ1) is 13.5. The highest BCUT2D eigenvalue weighted by molar-refractivity contribution is 7.89. The fourth-order valence-corrected chi connectivity index (χ4v) is 4.26. The van der Waals surface area contributed by atoms with Crippen LogP contribution in [0.15, 0.2) is 65.7 Å². The Morgan fingerprint density at radius 1 is 1.03 bits per heavy atom. The topological polar surface area (TPSA) is 93.1 Å². The van der Waals surface area contributed by atoms with Crippen molar-refractivity contribution in [1.82, 2.24) is 14.5 Å². The molecule has 3 rings (SSSR count). The molecule has 0 saturated carbocycles. The Morgan fingerprint density at radius 2 is 1.72 bits per heavy atom. The lowest BCUT2D eigenvalue weighted by Gasteiger charge is -2.20. The zero-order valence-electron chi connectivity index (χ0n) is 16.8. The molecule has 0 bridgehead atoms. The van der Waals surface area contributed by atoms with Crippen LogP contribution in [0.4, 0.5) is 5.69 Å². The van der Waals surface area contributed by atoms with E-state index in [0.717, 1.165) is 11.4 Å². The van der Waals surface area contributed by atoms with Crippen molar-refractivity contribution in [3.8, 4) is 5.69 Å². The number of sulfonamides is 1. The van der Waals surface area contributed by atoms with Crippen LogP contribution in [0, 0.1) is 6.92 Å². The van der Waals surface area contributed by atoms with Crippen LogP contribution in [0.2, 0.25) is 0 Å². The highest BCUT2D eigenvalue weighted by Gasteiger charge is 2.22. The summed E-state index contributed by atoms with van der Waals surface area (Å²) in [5.41, 5.74) is 2.10. The van der Waals surface area contributed by atoms with Crippen molar-refractivity contribution in [3.05, 3.63) is 72.1 Å². The summed E-state index contributed by atoms with van der Waals surface area (Å²) in [7, 11) is -3.69. The third kappa shape index (κ3) is 5.10. The average Bonchev–Trinajstić information content (AvgIpc) is 3.06. The third-order valence-corrected chi connectivity index (χ3v) is 5.80. The van der Waals surface area contributed by atoms with Gasteiger partial charge in [0.15, 0.2) is 0 Å². The summed E-state index contributed by atoms with van der Waals surface area (Å²) in [4.78, 5) is 12.7. The highest BCUT2D eigenvalue weighted by atomic mass is 32.2. The number of benzene rings is 2. The van der Waals surface area contributed by atoms with Crippen LogP contribution in [-0.4, -0.2) is 29.6 Å². The second-order valence-corrected chi connectivity index (χ2v) is 9.45. The maximum absolute atomic E-state index is 12.6. The number of rotatable bonds is 5. The van der Waals surface area contributed by atoms with E-state index in [2.05, 4.69) is 15.1 Å². The van der Waals surface area contributed by atoms with Gasteiger partial charge in [-0.1, -0.05) is 6.07 Å². The average molecular weight is 413 g/mol. The number of carbonyl (C=O) groups is 1. The molecule has 2 N–H and O–H groups in total. The number of aryl methyl sites for hydroxylation is 1. The number of hydrogen-bond donors (Lipinski definition) is 2. The van der Waals surface area contributed by atoms with Gasteiger partial charge in [0, 0.05) is 28.7 Å². The van der Waals surface area contributed by atoms with Crippen molar-refractivity contribution in [2.75, 3.05) is 5.32 Å². The molecule has 0 spiro atoms. The molecule has 152 valence electrons. The van der Waals surface area contributed by atoms with Crippen LogP contribution in [-0.2, 0) is 10.0 Å². The van der Waals surface area contributed by atoms with Crippen molar-refractivity contribution >= 4 is 21.6 Å². The summed E-state index contributed by atoms with van der Waals surface area (Å²) in [6, 6.07) is 15.1. The largest absolute Gasteiger partial charge is 0.322 e. The van der Waals surface area contributed by atoms with Crippen LogP contribution < -0.4 is 10.0 Å². The van der Waals surface area contributed by atoms with Crippen LogP contribution in [0.25, 0.3) is 5.69 Å². The predicted molar refractivity (Wildman–Crippen MR) is 113 cm³/mol. The monoisotopic (exact) mass is 412 g/mol. The number of carbonyl (C=O) groups excluding carboxylic acids is 1. The van der Waals surface area contributed by atoms with E-state index in [1.165, 1.54) is 12.1 Å². The lowest BCUT2D eigenvalue weighted by Crippen LogP contribution is -2.40. The molecule has 0 aliphatic carbocycles. The third-order valence-electron chi connectivity index (χ3n) is 4.05. The number of nitrogens with zero attached hydrogens (tertiary/aromatic N) is 2. The summed E-state index contributed by atoms with van der Waals surface area (Å²) in [5, 5.41) is 6.99. The summed E-state index contributed by atoms with van der Waals surface area (Å²) in [5.74, 6) is -0.327. The normalized spacial score (nSPS) is 12.0. The number of aromatic nitrogens is 2. The van der Waals surface area contributed by atoms with Crippen molar-refractivity contribution in [2.45, 2.75) is 38.1 Å². The van der Waals surface area contributed by atoms with Crippen LogP contribution in [0.1, 0.15) is 36.8 Å². The molecule has 0 atom stereocenters. The van der Waals surface area contributed by atoms with Crippen LogP contribution in [0.3, 0.4) is 0 Å². The number of amides is 1. The minimum absolute atomic E-state index is 0.0923. The van der Waals surface area contributed by atoms with Gasteiger partial charge in [-0.05, 0) is 76.2 Å². The first-order valence-corrected chi connectivity index (χ1v) is 10.6. The van der Waals surface area contributed by atoms with Crippen molar-refractivity contribution in [1.29, 1.82) is 0 Å². The Morgan fingerprint density at radius 3 is 2.31 bits per heavy atom. The molecule has 29 heavy (non-hydrogen) atoms. The Hall–Kier alpha value is -2.97. The Bertz CT molecular complexity index is 1130. The second kappa shape index (κ2) is 7.81. The molecule has 0 unspecified atom stereocenters. The standard InChI is InChI=1S/C21H24N4O3S/c1-15-12-13-22-25(15)18-10-8-16(9-11-18)20(26)23-17-6-5-7-19(14-17)29(27,28)24-21(2,3)4/h5-14,24H,1-4H3,(H,23,26). The van der Waals surface area contributed by atoms with Crippen molar-refractivity contribution in [2.24, 2.45) is 0 Å². The molecule has 0 saturated heterocycles. The minimum Gasteiger partial charge on any atom is -0.322 e. The van der Waals surface area contributed by atoms with Gasteiger partial charge in [-0.3, -0.25) is 4.79 Å². The summed E-state index contributed by atoms with van der Waals surface area (Å²) in [6.07, 6.45) is 1.71. The van der Waals surface area contributed by atoms with Gasteiger partial charge in [0.05, 0.1) is 10.6 Å². The number of nitrogens with one attached hydrogen (secondary N) is 2. The zero-order valence-corrected chi connectivity index (χ0v) is 17.6. The molecule has 0 fully saturated rings. The zero-order chi connectivity index (χ0) is 21.2. The number of anilines is 1. The van der Waals surface area contributed by atoms with Crippen LogP contribution in [0.5, 0.6) is 0 Å². The summed E-state index contributed by atoms with van der Waals surface area (Å²) >= 11 is 0. The van der Waals surface area contributed by atoms with Crippen LogP contribution >= 0.6 is 0 Å². The molecule has 1 amide bonds. The quantitative estimate of drug-likeness (QED) is 0.671. The van der Waals surface area contributed by atoms with Gasteiger partial charge < -0.3 is 5.32 Å². The van der Waals surface area contributed by atoms with E-state index in [9.17, 15) is 13.2 Å². The molecule has 1 heterocycles. The van der Waals surface area contributed by atoms with E-state index in [4.69, 9.17) is 0 Å². The van der Waals surface area contributed by atoms with Gasteiger partial charge in [-0.15, -0.1) is 0 Å². The Kier molecular flexibility index (Phi) is 5.59. The molecular formula is C21H24N4O3S. The van der Waals surface area contributed by atoms with Gasteiger partial charge in [0.25, 0.3) is 5.91 Å². The summed E-state index contributed by atoms with van der Waals surface area (Å²) < 4.78 is 29.4. The van der Waals surface area contributed by atoms with E-state index in [0.29, 0.717) is 11.3 Å². The Balaban J connectivity index is 1.77. The minimum atomic E-state index is -3.69.